The third kappa shape index (κ3) is 4.80. The zero-order valence-electron chi connectivity index (χ0n) is 35.3. The molecule has 14 rings (SSSR count). The summed E-state index contributed by atoms with van der Waals surface area (Å²) in [7, 11) is 0. The van der Waals surface area contributed by atoms with E-state index in [1.165, 1.54) is 71.0 Å². The van der Waals surface area contributed by atoms with Gasteiger partial charge in [-0.25, -0.2) is 0 Å². The van der Waals surface area contributed by atoms with Crippen LogP contribution in [0, 0.1) is 0 Å². The van der Waals surface area contributed by atoms with Crippen LogP contribution in [-0.2, 0) is 10.8 Å². The normalized spacial score (nSPS) is 14.5. The molecule has 0 bridgehead atoms. The van der Waals surface area contributed by atoms with Gasteiger partial charge in [0.15, 0.2) is 0 Å². The van der Waals surface area contributed by atoms with Crippen LogP contribution in [0.4, 0.5) is 17.1 Å². The summed E-state index contributed by atoms with van der Waals surface area (Å²) in [6.45, 7) is 0. The Balaban J connectivity index is 1.13. The number of hydrogen-bond donors (Lipinski definition) is 0. The Labute approximate surface area is 383 Å². The molecule has 0 aromatic heterocycles. The van der Waals surface area contributed by atoms with Gasteiger partial charge in [-0.1, -0.05) is 206 Å². The number of nitrogens with zero attached hydrogens (tertiary/aromatic N) is 1. The monoisotopic (exact) mass is 845 g/mol. The maximum Gasteiger partial charge on any atom is 0.132 e. The van der Waals surface area contributed by atoms with Gasteiger partial charge in [-0.3, -0.25) is 0 Å². The number of rotatable bonds is 4. The van der Waals surface area contributed by atoms with Crippen LogP contribution in [0.3, 0.4) is 0 Å². The van der Waals surface area contributed by atoms with E-state index in [2.05, 4.69) is 241 Å². The van der Waals surface area contributed by atoms with Crippen molar-refractivity contribution in [1.82, 2.24) is 0 Å². The van der Waals surface area contributed by atoms with E-state index in [1.807, 2.05) is 11.8 Å². The molecule has 65 heavy (non-hydrogen) atoms. The first-order valence-corrected chi connectivity index (χ1v) is 23.2. The highest BCUT2D eigenvalue weighted by Gasteiger charge is 2.54. The van der Waals surface area contributed by atoms with Crippen molar-refractivity contribution in [2.45, 2.75) is 20.6 Å². The average molecular weight is 846 g/mol. The van der Waals surface area contributed by atoms with Crippen LogP contribution in [0.1, 0.15) is 44.5 Å². The molecule has 0 saturated carbocycles. The summed E-state index contributed by atoms with van der Waals surface area (Å²) >= 11 is 1.89. The van der Waals surface area contributed by atoms with Gasteiger partial charge in [0.25, 0.3) is 0 Å². The molecule has 0 N–H and O–H groups in total. The van der Waals surface area contributed by atoms with Crippen LogP contribution in [0.15, 0.2) is 246 Å². The van der Waals surface area contributed by atoms with Crippen molar-refractivity contribution >= 4 is 28.8 Å². The largest absolute Gasteiger partial charge is 0.457 e. The minimum absolute atomic E-state index is 0.518. The molecule has 0 fully saturated rings. The first-order valence-electron chi connectivity index (χ1n) is 22.4. The van der Waals surface area contributed by atoms with E-state index < -0.39 is 10.8 Å². The standard InChI is InChI=1S/C62H39NOS/c1-2-20-40(21-3-1)41-22-6-13-33-52(41)63(53-34-18-31-50-59(53)42-23-4-7-25-44(42)61(50)46-27-9-14-36-55(46)64-56-37-15-10-28-47(56)61)54-35-19-32-51-60(54)43-24-5-8-26-45(43)62(51)48-29-11-16-38-57(48)65-58-39-17-12-30-49(58)62/h1-39H. The molecule has 3 heteroatoms. The molecule has 2 nitrogen and oxygen atoms in total. The third-order valence-corrected chi connectivity index (χ3v) is 15.6. The minimum Gasteiger partial charge on any atom is -0.457 e. The van der Waals surface area contributed by atoms with Crippen LogP contribution in [0.5, 0.6) is 11.5 Å². The zero-order valence-corrected chi connectivity index (χ0v) is 36.1. The first kappa shape index (κ1) is 36.6. The molecule has 304 valence electrons. The second-order valence-corrected chi connectivity index (χ2v) is 18.5. The molecule has 0 saturated heterocycles. The number of benzene rings is 10. The van der Waals surface area contributed by atoms with Gasteiger partial charge in [0.2, 0.25) is 0 Å². The van der Waals surface area contributed by atoms with Crippen LogP contribution < -0.4 is 9.64 Å². The molecule has 2 heterocycles. The highest BCUT2D eigenvalue weighted by molar-refractivity contribution is 7.99. The van der Waals surface area contributed by atoms with E-state index in [0.717, 1.165) is 45.3 Å². The lowest BCUT2D eigenvalue weighted by atomic mass is 9.66. The maximum atomic E-state index is 6.75. The lowest BCUT2D eigenvalue weighted by molar-refractivity contribution is 0.436. The Bertz CT molecular complexity index is 3300. The van der Waals surface area contributed by atoms with Gasteiger partial charge in [0.05, 0.1) is 27.9 Å². The molecule has 2 spiro atoms. The number of ether oxygens (including phenoxy) is 1. The molecule has 2 aliphatic heterocycles. The predicted molar refractivity (Wildman–Crippen MR) is 265 cm³/mol. The van der Waals surface area contributed by atoms with Gasteiger partial charge in [0.1, 0.15) is 11.5 Å². The summed E-state index contributed by atoms with van der Waals surface area (Å²) in [6, 6.07) is 87.6. The van der Waals surface area contributed by atoms with Gasteiger partial charge in [0, 0.05) is 37.6 Å². The minimum atomic E-state index is -0.611. The summed E-state index contributed by atoms with van der Waals surface area (Å²) < 4.78 is 6.75. The second kappa shape index (κ2) is 13.8. The number of hydrogen-bond acceptors (Lipinski definition) is 3. The highest BCUT2D eigenvalue weighted by Crippen LogP contribution is 2.67. The topological polar surface area (TPSA) is 12.5 Å². The number of para-hydroxylation sites is 3. The van der Waals surface area contributed by atoms with Gasteiger partial charge >= 0.3 is 0 Å². The Kier molecular flexibility index (Phi) is 7.79. The van der Waals surface area contributed by atoms with Crippen LogP contribution in [-0.4, -0.2) is 0 Å². The van der Waals surface area contributed by atoms with Crippen molar-refractivity contribution in [3.8, 4) is 44.9 Å². The lowest BCUT2D eigenvalue weighted by Gasteiger charge is -2.40. The fourth-order valence-corrected chi connectivity index (χ4v) is 13.3. The highest BCUT2D eigenvalue weighted by atomic mass is 32.2. The summed E-state index contributed by atoms with van der Waals surface area (Å²) in [4.78, 5) is 5.19. The Morgan fingerprint density at radius 2 is 0.677 bits per heavy atom. The smallest absolute Gasteiger partial charge is 0.132 e. The molecule has 0 amide bonds. The molecule has 2 aliphatic carbocycles. The summed E-state index contributed by atoms with van der Waals surface area (Å²) in [6.07, 6.45) is 0. The Hall–Kier alpha value is -7.85. The van der Waals surface area contributed by atoms with Crippen LogP contribution in [0.25, 0.3) is 33.4 Å². The maximum absolute atomic E-state index is 6.75. The van der Waals surface area contributed by atoms with E-state index in [-0.39, 0.29) is 0 Å². The van der Waals surface area contributed by atoms with Gasteiger partial charge in [-0.15, -0.1) is 0 Å². The van der Waals surface area contributed by atoms with E-state index in [0.29, 0.717) is 0 Å². The van der Waals surface area contributed by atoms with Crippen LogP contribution >= 0.6 is 11.8 Å². The van der Waals surface area contributed by atoms with Crippen molar-refractivity contribution < 1.29 is 4.74 Å². The average Bonchev–Trinajstić information content (AvgIpc) is 3.84. The summed E-state index contributed by atoms with van der Waals surface area (Å²) in [5, 5.41) is 0. The second-order valence-electron chi connectivity index (χ2n) is 17.4. The van der Waals surface area contributed by atoms with Crippen molar-refractivity contribution in [2.24, 2.45) is 0 Å². The van der Waals surface area contributed by atoms with E-state index in [4.69, 9.17) is 4.74 Å². The SMILES string of the molecule is c1ccc(-c2ccccc2N(c2cccc3c2-c2ccccc2C32c3ccccc3Oc3ccccc32)c2cccc3c2-c2ccccc2C32c3ccccc3Sc3ccccc32)cc1. The quantitative estimate of drug-likeness (QED) is 0.175. The van der Waals surface area contributed by atoms with Crippen molar-refractivity contribution in [2.75, 3.05) is 4.90 Å². The molecular formula is C62H39NOS. The van der Waals surface area contributed by atoms with E-state index in [9.17, 15) is 0 Å². The summed E-state index contributed by atoms with van der Waals surface area (Å²) in [5.74, 6) is 1.78. The molecule has 0 atom stereocenters. The number of anilines is 3. The molecule has 0 radical (unpaired) electrons. The zero-order chi connectivity index (χ0) is 42.7. The van der Waals surface area contributed by atoms with Crippen molar-refractivity contribution in [3.05, 3.63) is 281 Å². The van der Waals surface area contributed by atoms with Gasteiger partial charge in [-0.2, -0.15) is 0 Å². The van der Waals surface area contributed by atoms with Crippen molar-refractivity contribution in [3.63, 3.8) is 0 Å². The molecule has 0 unspecified atom stereocenters. The van der Waals surface area contributed by atoms with Gasteiger partial charge < -0.3 is 9.64 Å². The van der Waals surface area contributed by atoms with E-state index >= 15 is 0 Å². The molecular weight excluding hydrogens is 807 g/mol. The molecule has 10 aromatic carbocycles. The Morgan fingerprint density at radius 3 is 1.23 bits per heavy atom. The molecule has 10 aromatic rings. The first-order chi connectivity index (χ1) is 32.3. The number of fused-ring (bicyclic) bond motifs is 18. The lowest BCUT2D eigenvalue weighted by Crippen LogP contribution is -2.32. The van der Waals surface area contributed by atoms with E-state index in [1.54, 1.807) is 0 Å². The Morgan fingerprint density at radius 1 is 0.292 bits per heavy atom. The third-order valence-electron chi connectivity index (χ3n) is 14.4. The van der Waals surface area contributed by atoms with Crippen molar-refractivity contribution in [1.29, 1.82) is 0 Å². The fourth-order valence-electron chi connectivity index (χ4n) is 12.1. The summed E-state index contributed by atoms with van der Waals surface area (Å²) in [5.41, 5.74) is 19.6. The predicted octanol–water partition coefficient (Wildman–Crippen LogP) is 16.1. The van der Waals surface area contributed by atoms with Gasteiger partial charge in [-0.05, 0) is 92.5 Å². The van der Waals surface area contributed by atoms with Crippen LogP contribution in [0.2, 0.25) is 0 Å². The molecule has 4 aliphatic rings. The fraction of sp³-hybridized carbons (Fsp3) is 0.0323.